The predicted molar refractivity (Wildman–Crippen MR) is 76.3 cm³/mol. The first-order valence-corrected chi connectivity index (χ1v) is 7.38. The molecule has 3 heteroatoms. The minimum Gasteiger partial charge on any atom is -0.495 e. The van der Waals surface area contributed by atoms with Crippen LogP contribution in [0.4, 0.5) is 0 Å². The zero-order valence-electron chi connectivity index (χ0n) is 10.8. The van der Waals surface area contributed by atoms with Crippen molar-refractivity contribution in [2.75, 3.05) is 7.11 Å². The summed E-state index contributed by atoms with van der Waals surface area (Å²) in [5.74, 6) is 0.914. The number of ether oxygens (including phenoxy) is 1. The summed E-state index contributed by atoms with van der Waals surface area (Å²) in [4.78, 5) is 10.6. The van der Waals surface area contributed by atoms with Crippen molar-refractivity contribution < 1.29 is 9.53 Å². The Kier molecular flexibility index (Phi) is 4.81. The van der Waals surface area contributed by atoms with Gasteiger partial charge >= 0.3 is 0 Å². The Morgan fingerprint density at radius 3 is 2.83 bits per heavy atom. The highest BCUT2D eigenvalue weighted by Crippen LogP contribution is 2.38. The number of hydrogen-bond donors (Lipinski definition) is 0. The van der Waals surface area contributed by atoms with Crippen LogP contribution in [0.25, 0.3) is 0 Å². The van der Waals surface area contributed by atoms with Crippen molar-refractivity contribution in [1.82, 2.24) is 0 Å². The van der Waals surface area contributed by atoms with E-state index in [0.29, 0.717) is 6.42 Å². The molecule has 0 bridgehead atoms. The van der Waals surface area contributed by atoms with E-state index in [9.17, 15) is 4.79 Å². The summed E-state index contributed by atoms with van der Waals surface area (Å²) in [6, 6.07) is 2.24. The lowest BCUT2D eigenvalue weighted by atomic mass is 9.97. The molecule has 0 N–H and O–H groups in total. The number of halogens is 1. The van der Waals surface area contributed by atoms with Crippen LogP contribution in [0.3, 0.4) is 0 Å². The van der Waals surface area contributed by atoms with Crippen molar-refractivity contribution in [3.05, 3.63) is 27.2 Å². The number of methoxy groups -OCH3 is 1. The average molecular weight is 311 g/mol. The van der Waals surface area contributed by atoms with E-state index in [4.69, 9.17) is 4.74 Å². The van der Waals surface area contributed by atoms with Gasteiger partial charge in [-0.25, -0.2) is 0 Å². The highest BCUT2D eigenvalue weighted by Gasteiger charge is 2.18. The second kappa shape index (κ2) is 6.37. The minimum atomic E-state index is 0.557. The number of fused-ring (bicyclic) bond motifs is 1. The predicted octanol–water partition coefficient (Wildman–Crippen LogP) is 3.86. The molecule has 0 radical (unpaired) electrons. The Hall–Kier alpha value is -0.830. The fourth-order valence-electron chi connectivity index (χ4n) is 2.69. The Balaban J connectivity index is 2.44. The SMILES string of the molecule is COc1c(CCC=O)cc2c(c1Br)CCCCC2. The van der Waals surface area contributed by atoms with Gasteiger partial charge < -0.3 is 9.53 Å². The molecule has 1 aromatic carbocycles. The van der Waals surface area contributed by atoms with Crippen LogP contribution in [0.1, 0.15) is 42.4 Å². The number of aldehydes is 1. The summed E-state index contributed by atoms with van der Waals surface area (Å²) < 4.78 is 6.62. The molecular weight excluding hydrogens is 292 g/mol. The van der Waals surface area contributed by atoms with Gasteiger partial charge in [-0.05, 0) is 64.7 Å². The molecule has 0 amide bonds. The van der Waals surface area contributed by atoms with Crippen molar-refractivity contribution in [3.8, 4) is 5.75 Å². The third kappa shape index (κ3) is 2.77. The lowest BCUT2D eigenvalue weighted by molar-refractivity contribution is -0.107. The minimum absolute atomic E-state index is 0.557. The molecule has 0 aliphatic heterocycles. The smallest absolute Gasteiger partial charge is 0.136 e. The van der Waals surface area contributed by atoms with E-state index >= 15 is 0 Å². The van der Waals surface area contributed by atoms with Gasteiger partial charge in [-0.3, -0.25) is 0 Å². The number of carbonyl (C=O) groups excluding carboxylic acids is 1. The summed E-state index contributed by atoms with van der Waals surface area (Å²) in [7, 11) is 1.70. The summed E-state index contributed by atoms with van der Waals surface area (Å²) >= 11 is 3.69. The summed E-state index contributed by atoms with van der Waals surface area (Å²) in [6.45, 7) is 0. The van der Waals surface area contributed by atoms with Gasteiger partial charge in [0.2, 0.25) is 0 Å². The van der Waals surface area contributed by atoms with Gasteiger partial charge in [-0.15, -0.1) is 0 Å². The molecule has 0 unspecified atom stereocenters. The van der Waals surface area contributed by atoms with Gasteiger partial charge in [0.25, 0.3) is 0 Å². The maximum Gasteiger partial charge on any atom is 0.136 e. The Labute approximate surface area is 117 Å². The zero-order chi connectivity index (χ0) is 13.0. The fraction of sp³-hybridized carbons (Fsp3) is 0.533. The lowest BCUT2D eigenvalue weighted by Crippen LogP contribution is -2.01. The van der Waals surface area contributed by atoms with Gasteiger partial charge in [0.15, 0.2) is 0 Å². The number of benzene rings is 1. The van der Waals surface area contributed by atoms with Crippen molar-refractivity contribution in [2.45, 2.75) is 44.9 Å². The number of aryl methyl sites for hydroxylation is 2. The van der Waals surface area contributed by atoms with E-state index in [1.807, 2.05) is 0 Å². The van der Waals surface area contributed by atoms with E-state index in [-0.39, 0.29) is 0 Å². The van der Waals surface area contributed by atoms with Crippen LogP contribution in [0.2, 0.25) is 0 Å². The molecule has 1 aromatic rings. The molecule has 18 heavy (non-hydrogen) atoms. The quantitative estimate of drug-likeness (QED) is 0.623. The van der Waals surface area contributed by atoms with E-state index in [2.05, 4.69) is 22.0 Å². The van der Waals surface area contributed by atoms with Crippen molar-refractivity contribution in [2.24, 2.45) is 0 Å². The largest absolute Gasteiger partial charge is 0.495 e. The fourth-order valence-corrected chi connectivity index (χ4v) is 3.56. The standard InChI is InChI=1S/C15H19BrO2/c1-18-15-12(7-5-9-17)10-11-6-3-2-4-8-13(11)14(15)16/h9-10H,2-8H2,1H3. The van der Waals surface area contributed by atoms with Crippen LogP contribution in [0, 0.1) is 0 Å². The van der Waals surface area contributed by atoms with E-state index < -0.39 is 0 Å². The van der Waals surface area contributed by atoms with E-state index in [1.165, 1.54) is 30.4 Å². The normalized spacial score (nSPS) is 14.8. The number of hydrogen-bond acceptors (Lipinski definition) is 2. The first-order chi connectivity index (χ1) is 8.77. The Bertz CT molecular complexity index is 441. The number of carbonyl (C=O) groups is 1. The molecule has 98 valence electrons. The van der Waals surface area contributed by atoms with Crippen molar-refractivity contribution >= 4 is 22.2 Å². The molecular formula is C15H19BrO2. The van der Waals surface area contributed by atoms with Crippen LogP contribution < -0.4 is 4.74 Å². The molecule has 0 aromatic heterocycles. The van der Waals surface area contributed by atoms with Crippen molar-refractivity contribution in [1.29, 1.82) is 0 Å². The molecule has 0 heterocycles. The average Bonchev–Trinajstić information content (AvgIpc) is 2.62. The maximum atomic E-state index is 10.6. The van der Waals surface area contributed by atoms with E-state index in [1.54, 1.807) is 7.11 Å². The second-order valence-electron chi connectivity index (χ2n) is 4.79. The highest BCUT2D eigenvalue weighted by atomic mass is 79.9. The van der Waals surface area contributed by atoms with Gasteiger partial charge in [-0.1, -0.05) is 12.5 Å². The summed E-state index contributed by atoms with van der Waals surface area (Å²) in [6.07, 6.45) is 8.37. The van der Waals surface area contributed by atoms with Gasteiger partial charge in [0, 0.05) is 6.42 Å². The zero-order valence-corrected chi connectivity index (χ0v) is 12.4. The molecule has 0 fully saturated rings. The lowest BCUT2D eigenvalue weighted by Gasteiger charge is -2.16. The monoisotopic (exact) mass is 310 g/mol. The van der Waals surface area contributed by atoms with Crippen LogP contribution in [0.5, 0.6) is 5.75 Å². The van der Waals surface area contributed by atoms with Gasteiger partial charge in [-0.2, -0.15) is 0 Å². The molecule has 2 rings (SSSR count). The van der Waals surface area contributed by atoms with Crippen molar-refractivity contribution in [3.63, 3.8) is 0 Å². The molecule has 0 saturated heterocycles. The topological polar surface area (TPSA) is 26.3 Å². The van der Waals surface area contributed by atoms with Crippen LogP contribution >= 0.6 is 15.9 Å². The van der Waals surface area contributed by atoms with Gasteiger partial charge in [0.1, 0.15) is 12.0 Å². The highest BCUT2D eigenvalue weighted by molar-refractivity contribution is 9.10. The third-order valence-electron chi connectivity index (χ3n) is 3.60. The van der Waals surface area contributed by atoms with Crippen LogP contribution in [0.15, 0.2) is 10.5 Å². The first kappa shape index (κ1) is 13.6. The van der Waals surface area contributed by atoms with E-state index in [0.717, 1.165) is 41.3 Å². The van der Waals surface area contributed by atoms with Crippen LogP contribution in [-0.2, 0) is 24.1 Å². The molecule has 2 nitrogen and oxygen atoms in total. The summed E-state index contributed by atoms with van der Waals surface area (Å²) in [5.41, 5.74) is 3.98. The third-order valence-corrected chi connectivity index (χ3v) is 4.44. The van der Waals surface area contributed by atoms with Gasteiger partial charge in [0.05, 0.1) is 11.6 Å². The maximum absolute atomic E-state index is 10.6. The first-order valence-electron chi connectivity index (χ1n) is 6.58. The molecule has 0 saturated carbocycles. The van der Waals surface area contributed by atoms with Crippen LogP contribution in [-0.4, -0.2) is 13.4 Å². The molecule has 1 aliphatic rings. The second-order valence-corrected chi connectivity index (χ2v) is 5.58. The molecule has 0 spiro atoms. The summed E-state index contributed by atoms with van der Waals surface area (Å²) in [5, 5.41) is 0. The molecule has 0 atom stereocenters. The Morgan fingerprint density at radius 1 is 1.33 bits per heavy atom. The number of rotatable bonds is 4. The Morgan fingerprint density at radius 2 is 2.11 bits per heavy atom. The molecule has 1 aliphatic carbocycles.